The van der Waals surface area contributed by atoms with E-state index in [1.807, 2.05) is 0 Å². The lowest BCUT2D eigenvalue weighted by molar-refractivity contribution is 0.869. The van der Waals surface area contributed by atoms with Gasteiger partial charge in [-0.2, -0.15) is 0 Å². The molecule has 51 heavy (non-hydrogen) atoms. The van der Waals surface area contributed by atoms with E-state index < -0.39 is 0 Å². The molecule has 2 aromatic heterocycles. The Hall–Kier alpha value is -5.92. The van der Waals surface area contributed by atoms with Crippen molar-refractivity contribution < 1.29 is 0 Å². The Morgan fingerprint density at radius 3 is 1.41 bits per heavy atom. The molecule has 0 aliphatic rings. The molecule has 0 amide bonds. The van der Waals surface area contributed by atoms with Crippen LogP contribution in [0.1, 0.15) is 50.7 Å². The highest BCUT2D eigenvalue weighted by Gasteiger charge is 2.22. The standard InChI is InChI=1S/C50H39N/c1-30(2)34-15-17-37-28-48-44(24-39(37)21-34)46-26-41(42-20-19-36(32-11-7-5-8-12-32)23-43(42)33-13-9-6-10-14-33)27-47-45-25-40-22-35(31(3)4)16-18-38(40)29-49(45)51(48)50(46)47/h5-31H,1-4H3. The van der Waals surface area contributed by atoms with Gasteiger partial charge in [-0.05, 0) is 120 Å². The molecule has 2 heterocycles. The normalized spacial score (nSPS) is 12.3. The fraction of sp³-hybridized carbons (Fsp3) is 0.120. The monoisotopic (exact) mass is 653 g/mol. The van der Waals surface area contributed by atoms with E-state index in [2.05, 4.69) is 184 Å². The van der Waals surface area contributed by atoms with Gasteiger partial charge < -0.3 is 4.40 Å². The Bertz CT molecular complexity index is 2810. The van der Waals surface area contributed by atoms with Crippen LogP contribution in [0.15, 0.2) is 152 Å². The largest absolute Gasteiger partial charge is 0.308 e. The van der Waals surface area contributed by atoms with Gasteiger partial charge in [0.15, 0.2) is 0 Å². The minimum absolute atomic E-state index is 0.482. The molecule has 0 fully saturated rings. The Kier molecular flexibility index (Phi) is 6.64. The van der Waals surface area contributed by atoms with Crippen LogP contribution >= 0.6 is 0 Å². The van der Waals surface area contributed by atoms with Crippen LogP contribution in [-0.4, -0.2) is 4.40 Å². The molecule has 0 saturated heterocycles. The van der Waals surface area contributed by atoms with Gasteiger partial charge in [0.25, 0.3) is 0 Å². The van der Waals surface area contributed by atoms with Gasteiger partial charge in [-0.15, -0.1) is 0 Å². The number of benzene rings is 8. The predicted octanol–water partition coefficient (Wildman–Crippen LogP) is 14.4. The highest BCUT2D eigenvalue weighted by molar-refractivity contribution is 6.27. The van der Waals surface area contributed by atoms with Crippen molar-refractivity contribution in [3.05, 3.63) is 163 Å². The molecule has 0 unspecified atom stereocenters. The average Bonchev–Trinajstić information content (AvgIpc) is 3.66. The van der Waals surface area contributed by atoms with Gasteiger partial charge in [-0.3, -0.25) is 0 Å². The van der Waals surface area contributed by atoms with Crippen LogP contribution in [0.3, 0.4) is 0 Å². The van der Waals surface area contributed by atoms with Crippen molar-refractivity contribution in [2.24, 2.45) is 0 Å². The SMILES string of the molecule is CC(C)c1ccc2cc3c(cc2c1)c1cc(-c2ccc(-c4ccccc4)cc2-c2ccccc2)cc2c4cc5cc(C(C)C)ccc5cc4n3c12. The van der Waals surface area contributed by atoms with E-state index in [0.29, 0.717) is 11.8 Å². The zero-order valence-electron chi connectivity index (χ0n) is 29.5. The summed E-state index contributed by atoms with van der Waals surface area (Å²) >= 11 is 0. The van der Waals surface area contributed by atoms with Crippen LogP contribution in [0.2, 0.25) is 0 Å². The summed E-state index contributed by atoms with van der Waals surface area (Å²) in [5.74, 6) is 0.963. The topological polar surface area (TPSA) is 4.41 Å². The maximum atomic E-state index is 2.54. The molecule has 0 aliphatic heterocycles. The highest BCUT2D eigenvalue weighted by Crippen LogP contribution is 2.46. The number of hydrogen-bond donors (Lipinski definition) is 0. The molecule has 1 heteroatoms. The van der Waals surface area contributed by atoms with E-state index in [0.717, 1.165) is 0 Å². The number of hydrogen-bond acceptors (Lipinski definition) is 0. The average molecular weight is 654 g/mol. The van der Waals surface area contributed by atoms with Crippen molar-refractivity contribution in [2.75, 3.05) is 0 Å². The summed E-state index contributed by atoms with van der Waals surface area (Å²) in [4.78, 5) is 0. The molecular weight excluding hydrogens is 615 g/mol. The molecule has 10 aromatic rings. The summed E-state index contributed by atoms with van der Waals surface area (Å²) in [7, 11) is 0. The Labute approximate surface area is 298 Å². The summed E-state index contributed by atoms with van der Waals surface area (Å²) in [6.45, 7) is 9.12. The van der Waals surface area contributed by atoms with Crippen LogP contribution in [0.4, 0.5) is 0 Å². The van der Waals surface area contributed by atoms with Crippen LogP contribution < -0.4 is 0 Å². The third-order valence-corrected chi connectivity index (χ3v) is 11.2. The van der Waals surface area contributed by atoms with Gasteiger partial charge in [0.05, 0.1) is 16.6 Å². The molecule has 244 valence electrons. The number of nitrogens with zero attached hydrogens (tertiary/aromatic N) is 1. The fourth-order valence-corrected chi connectivity index (χ4v) is 8.40. The van der Waals surface area contributed by atoms with Crippen LogP contribution in [0.5, 0.6) is 0 Å². The molecule has 0 aliphatic carbocycles. The summed E-state index contributed by atoms with van der Waals surface area (Å²) in [5, 5.41) is 10.4. The zero-order chi connectivity index (χ0) is 34.4. The molecule has 0 spiro atoms. The second-order valence-corrected chi connectivity index (χ2v) is 15.0. The first-order chi connectivity index (χ1) is 24.9. The number of rotatable bonds is 5. The smallest absolute Gasteiger partial charge is 0.0620 e. The molecular formula is C50H39N. The first-order valence-electron chi connectivity index (χ1n) is 18.3. The lowest BCUT2D eigenvalue weighted by Crippen LogP contribution is -1.89. The molecule has 0 saturated carbocycles. The van der Waals surface area contributed by atoms with E-state index in [1.54, 1.807) is 0 Å². The van der Waals surface area contributed by atoms with Crippen molar-refractivity contribution >= 4 is 59.6 Å². The van der Waals surface area contributed by atoms with Gasteiger partial charge in [-0.1, -0.05) is 137 Å². The van der Waals surface area contributed by atoms with Gasteiger partial charge in [0, 0.05) is 21.5 Å². The Morgan fingerprint density at radius 1 is 0.353 bits per heavy atom. The molecule has 0 N–H and O–H groups in total. The number of aromatic nitrogens is 1. The van der Waals surface area contributed by atoms with Crippen molar-refractivity contribution in [1.82, 2.24) is 4.40 Å². The maximum Gasteiger partial charge on any atom is 0.0620 e. The van der Waals surface area contributed by atoms with Gasteiger partial charge in [-0.25, -0.2) is 0 Å². The van der Waals surface area contributed by atoms with Gasteiger partial charge in [0.2, 0.25) is 0 Å². The van der Waals surface area contributed by atoms with E-state index in [4.69, 9.17) is 0 Å². The number of fused-ring (bicyclic) bond motifs is 8. The lowest BCUT2D eigenvalue weighted by atomic mass is 9.89. The summed E-state index contributed by atoms with van der Waals surface area (Å²) in [6, 6.07) is 57.3. The first-order valence-corrected chi connectivity index (χ1v) is 18.3. The summed E-state index contributed by atoms with van der Waals surface area (Å²) in [5.41, 5.74) is 14.0. The predicted molar refractivity (Wildman–Crippen MR) is 221 cm³/mol. The van der Waals surface area contributed by atoms with E-state index >= 15 is 0 Å². The van der Waals surface area contributed by atoms with Crippen molar-refractivity contribution in [1.29, 1.82) is 0 Å². The maximum absolute atomic E-state index is 2.54. The highest BCUT2D eigenvalue weighted by atomic mass is 14.9. The van der Waals surface area contributed by atoms with Crippen LogP contribution in [0, 0.1) is 0 Å². The van der Waals surface area contributed by atoms with Crippen LogP contribution in [0.25, 0.3) is 93.0 Å². The third-order valence-electron chi connectivity index (χ3n) is 11.2. The minimum atomic E-state index is 0.482. The fourth-order valence-electron chi connectivity index (χ4n) is 8.40. The second-order valence-electron chi connectivity index (χ2n) is 15.0. The molecule has 0 atom stereocenters. The summed E-state index contributed by atoms with van der Waals surface area (Å²) < 4.78 is 2.54. The van der Waals surface area contributed by atoms with E-state index in [-0.39, 0.29) is 0 Å². The summed E-state index contributed by atoms with van der Waals surface area (Å²) in [6.07, 6.45) is 0. The molecule has 0 radical (unpaired) electrons. The van der Waals surface area contributed by atoms with Gasteiger partial charge in [0.1, 0.15) is 0 Å². The van der Waals surface area contributed by atoms with E-state index in [9.17, 15) is 0 Å². The first kappa shape index (κ1) is 29.9. The molecule has 8 aromatic carbocycles. The molecule has 1 nitrogen and oxygen atoms in total. The quantitative estimate of drug-likeness (QED) is 0.174. The minimum Gasteiger partial charge on any atom is -0.308 e. The van der Waals surface area contributed by atoms with Crippen molar-refractivity contribution in [2.45, 2.75) is 39.5 Å². The Morgan fingerprint density at radius 2 is 0.882 bits per heavy atom. The third kappa shape index (κ3) is 4.68. The van der Waals surface area contributed by atoms with Crippen molar-refractivity contribution in [3.8, 4) is 33.4 Å². The zero-order valence-corrected chi connectivity index (χ0v) is 29.5. The molecule has 10 rings (SSSR count). The van der Waals surface area contributed by atoms with E-state index in [1.165, 1.54) is 104 Å². The Balaban J connectivity index is 1.33. The lowest BCUT2D eigenvalue weighted by Gasteiger charge is -2.14. The van der Waals surface area contributed by atoms with Gasteiger partial charge >= 0.3 is 0 Å². The van der Waals surface area contributed by atoms with Crippen LogP contribution in [-0.2, 0) is 0 Å². The van der Waals surface area contributed by atoms with Crippen molar-refractivity contribution in [3.63, 3.8) is 0 Å². The molecule has 0 bridgehead atoms. The second kappa shape index (κ2) is 11.3.